The van der Waals surface area contributed by atoms with Crippen LogP contribution < -0.4 is 5.32 Å². The van der Waals surface area contributed by atoms with Gasteiger partial charge in [0.05, 0.1) is 0 Å². The molecule has 16 heavy (non-hydrogen) atoms. The van der Waals surface area contributed by atoms with Crippen molar-refractivity contribution in [2.24, 2.45) is 5.41 Å². The van der Waals surface area contributed by atoms with Crippen molar-refractivity contribution in [1.82, 2.24) is 0 Å². The summed E-state index contributed by atoms with van der Waals surface area (Å²) < 4.78 is 0. The van der Waals surface area contributed by atoms with E-state index in [0.29, 0.717) is 0 Å². The largest absolute Gasteiger partial charge is 0.325 e. The molecule has 88 valence electrons. The fraction of sp³-hybridized carbons (Fsp3) is 0.462. The number of amides is 1. The van der Waals surface area contributed by atoms with Gasteiger partial charge in [-0.3, -0.25) is 4.79 Å². The summed E-state index contributed by atoms with van der Waals surface area (Å²) >= 11 is 3.52. The van der Waals surface area contributed by atoms with Gasteiger partial charge in [0.15, 0.2) is 0 Å². The zero-order chi connectivity index (χ0) is 12.3. The van der Waals surface area contributed by atoms with Gasteiger partial charge >= 0.3 is 0 Å². The second kappa shape index (κ2) is 5.00. The quantitative estimate of drug-likeness (QED) is 0.813. The molecule has 1 aromatic carbocycles. The Morgan fingerprint density at radius 2 is 1.88 bits per heavy atom. The second-order valence-corrected chi connectivity index (χ2v) is 6.28. The summed E-state index contributed by atoms with van der Waals surface area (Å²) in [5.74, 6) is 0.0353. The molecule has 1 N–H and O–H groups in total. The number of hydrogen-bond donors (Lipinski definition) is 1. The van der Waals surface area contributed by atoms with Gasteiger partial charge < -0.3 is 5.32 Å². The first-order valence-corrected chi connectivity index (χ1v) is 6.28. The maximum absolute atomic E-state index is 11.9. The van der Waals surface area contributed by atoms with E-state index in [2.05, 4.69) is 21.2 Å². The highest BCUT2D eigenvalue weighted by Crippen LogP contribution is 2.29. The number of para-hydroxylation sites is 1. The third-order valence-corrected chi connectivity index (χ3v) is 2.81. The maximum Gasteiger partial charge on any atom is 0.229 e. The van der Waals surface area contributed by atoms with E-state index in [1.165, 1.54) is 0 Å². The molecule has 1 amide bonds. The van der Waals surface area contributed by atoms with Crippen LogP contribution in [0, 0.1) is 5.41 Å². The van der Waals surface area contributed by atoms with E-state index in [9.17, 15) is 4.79 Å². The number of anilines is 1. The fourth-order valence-corrected chi connectivity index (χ4v) is 1.67. The number of hydrogen-bond acceptors (Lipinski definition) is 1. The minimum absolute atomic E-state index is 0.0353. The maximum atomic E-state index is 11.9. The molecular formula is C13H18BrNO. The van der Waals surface area contributed by atoms with E-state index in [0.717, 1.165) is 11.3 Å². The Balaban J connectivity index is 2.94. The molecule has 0 fully saturated rings. The summed E-state index contributed by atoms with van der Waals surface area (Å²) in [4.78, 5) is 12.1. The Morgan fingerprint density at radius 3 is 2.38 bits per heavy atom. The van der Waals surface area contributed by atoms with Gasteiger partial charge in [-0.15, -0.1) is 0 Å². The zero-order valence-corrected chi connectivity index (χ0v) is 11.8. The Bertz CT molecular complexity index is 380. The van der Waals surface area contributed by atoms with Crippen LogP contribution in [0.3, 0.4) is 0 Å². The van der Waals surface area contributed by atoms with Gasteiger partial charge in [0.1, 0.15) is 0 Å². The molecule has 0 saturated heterocycles. The summed E-state index contributed by atoms with van der Waals surface area (Å²) in [6.45, 7) is 7.76. The first-order valence-electron chi connectivity index (χ1n) is 5.37. The van der Waals surface area contributed by atoms with Gasteiger partial charge in [0.25, 0.3) is 0 Å². The third-order valence-electron chi connectivity index (χ3n) is 2.32. The van der Waals surface area contributed by atoms with E-state index < -0.39 is 0 Å². The molecule has 2 nitrogen and oxygen atoms in total. The number of alkyl halides is 1. The van der Waals surface area contributed by atoms with Crippen molar-refractivity contribution in [2.45, 2.75) is 32.5 Å². The topological polar surface area (TPSA) is 29.1 Å². The first-order chi connectivity index (χ1) is 7.32. The van der Waals surface area contributed by atoms with Crippen LogP contribution >= 0.6 is 15.9 Å². The summed E-state index contributed by atoms with van der Waals surface area (Å²) in [6.07, 6.45) is 0. The number of halogens is 1. The van der Waals surface area contributed by atoms with Crippen molar-refractivity contribution in [3.63, 3.8) is 0 Å². The predicted octanol–water partition coefficient (Wildman–Crippen LogP) is 4.13. The van der Waals surface area contributed by atoms with Gasteiger partial charge in [0.2, 0.25) is 5.91 Å². The van der Waals surface area contributed by atoms with Crippen LogP contribution in [-0.4, -0.2) is 5.91 Å². The summed E-state index contributed by atoms with van der Waals surface area (Å²) in [5.41, 5.74) is 1.61. The molecule has 0 heterocycles. The summed E-state index contributed by atoms with van der Waals surface area (Å²) in [5, 5.41) is 2.96. The average molecular weight is 284 g/mol. The highest BCUT2D eigenvalue weighted by molar-refractivity contribution is 9.09. The van der Waals surface area contributed by atoms with Crippen molar-refractivity contribution in [1.29, 1.82) is 0 Å². The van der Waals surface area contributed by atoms with Crippen LogP contribution in [0.4, 0.5) is 5.69 Å². The normalized spacial score (nSPS) is 13.3. The summed E-state index contributed by atoms with van der Waals surface area (Å²) in [6, 6.07) is 7.84. The summed E-state index contributed by atoms with van der Waals surface area (Å²) in [7, 11) is 0. The molecule has 3 heteroatoms. The number of nitrogens with one attached hydrogen (secondary N) is 1. The van der Waals surface area contributed by atoms with Crippen molar-refractivity contribution < 1.29 is 4.79 Å². The van der Waals surface area contributed by atoms with Crippen molar-refractivity contribution >= 4 is 27.5 Å². The Hall–Kier alpha value is -0.830. The van der Waals surface area contributed by atoms with Crippen LogP contribution in [-0.2, 0) is 4.79 Å². The zero-order valence-electron chi connectivity index (χ0n) is 10.2. The fourth-order valence-electron chi connectivity index (χ4n) is 1.27. The molecule has 0 aliphatic carbocycles. The second-order valence-electron chi connectivity index (χ2n) is 4.91. The van der Waals surface area contributed by atoms with Crippen LogP contribution in [0.15, 0.2) is 24.3 Å². The smallest absolute Gasteiger partial charge is 0.229 e. The highest BCUT2D eigenvalue weighted by atomic mass is 79.9. The van der Waals surface area contributed by atoms with Gasteiger partial charge in [0, 0.05) is 15.9 Å². The first kappa shape index (κ1) is 13.2. The molecule has 0 bridgehead atoms. The van der Waals surface area contributed by atoms with Crippen LogP contribution in [0.1, 0.15) is 38.1 Å². The van der Waals surface area contributed by atoms with Crippen LogP contribution in [0.2, 0.25) is 0 Å². The van der Waals surface area contributed by atoms with Crippen molar-refractivity contribution in [3.05, 3.63) is 29.8 Å². The van der Waals surface area contributed by atoms with Gasteiger partial charge in [-0.1, -0.05) is 54.9 Å². The molecule has 0 spiro atoms. The lowest BCUT2D eigenvalue weighted by atomic mass is 9.95. The van der Waals surface area contributed by atoms with Crippen LogP contribution in [0.25, 0.3) is 0 Å². The molecular weight excluding hydrogens is 266 g/mol. The molecule has 0 aromatic heterocycles. The van der Waals surface area contributed by atoms with E-state index in [4.69, 9.17) is 0 Å². The number of carbonyl (C=O) groups is 1. The van der Waals surface area contributed by atoms with Crippen molar-refractivity contribution in [2.75, 3.05) is 5.32 Å². The van der Waals surface area contributed by atoms with Gasteiger partial charge in [-0.25, -0.2) is 0 Å². The minimum atomic E-state index is -0.372. The molecule has 1 atom stereocenters. The third kappa shape index (κ3) is 3.34. The predicted molar refractivity (Wildman–Crippen MR) is 71.9 cm³/mol. The highest BCUT2D eigenvalue weighted by Gasteiger charge is 2.22. The Labute approximate surface area is 106 Å². The number of rotatable bonds is 2. The van der Waals surface area contributed by atoms with E-state index in [1.54, 1.807) is 0 Å². The lowest BCUT2D eigenvalue weighted by molar-refractivity contribution is -0.123. The van der Waals surface area contributed by atoms with E-state index in [1.807, 2.05) is 52.0 Å². The molecule has 1 rings (SSSR count). The molecule has 0 radical (unpaired) electrons. The molecule has 0 aliphatic rings. The standard InChI is InChI=1S/C13H18BrNO/c1-9(14)10-7-5-6-8-11(10)15-12(16)13(2,3)4/h5-9H,1-4H3,(H,15,16). The lowest BCUT2D eigenvalue weighted by Gasteiger charge is -2.20. The SMILES string of the molecule is CC(Br)c1ccccc1NC(=O)C(C)(C)C. The van der Waals surface area contributed by atoms with Crippen LogP contribution in [0.5, 0.6) is 0 Å². The van der Waals surface area contributed by atoms with Crippen molar-refractivity contribution in [3.8, 4) is 0 Å². The monoisotopic (exact) mass is 283 g/mol. The van der Waals surface area contributed by atoms with Gasteiger partial charge in [-0.2, -0.15) is 0 Å². The van der Waals surface area contributed by atoms with E-state index in [-0.39, 0.29) is 16.1 Å². The molecule has 0 aliphatic heterocycles. The molecule has 1 aromatic rings. The number of benzene rings is 1. The van der Waals surface area contributed by atoms with E-state index >= 15 is 0 Å². The average Bonchev–Trinajstić information content (AvgIpc) is 2.16. The number of carbonyl (C=O) groups excluding carboxylic acids is 1. The lowest BCUT2D eigenvalue weighted by Crippen LogP contribution is -2.28. The Morgan fingerprint density at radius 1 is 1.31 bits per heavy atom. The molecule has 1 unspecified atom stereocenters. The minimum Gasteiger partial charge on any atom is -0.325 e. The molecule has 0 saturated carbocycles. The Kier molecular flexibility index (Phi) is 4.14. The van der Waals surface area contributed by atoms with Gasteiger partial charge in [-0.05, 0) is 18.6 Å².